The second-order valence-electron chi connectivity index (χ2n) is 11.6. The molecule has 0 fully saturated rings. The van der Waals surface area contributed by atoms with Crippen LogP contribution in [0.4, 0.5) is 17.1 Å². The maximum Gasteiger partial charge on any atom is 0.0468 e. The Kier molecular flexibility index (Phi) is 5.55. The van der Waals surface area contributed by atoms with E-state index >= 15 is 0 Å². The number of hydrogen-bond donors (Lipinski definition) is 0. The molecule has 0 aromatic heterocycles. The van der Waals surface area contributed by atoms with Gasteiger partial charge >= 0.3 is 0 Å². The van der Waals surface area contributed by atoms with Crippen LogP contribution in [-0.2, 0) is 0 Å². The first-order valence-electron chi connectivity index (χ1n) is 14.7. The minimum absolute atomic E-state index is 1.16. The first-order valence-corrected chi connectivity index (χ1v) is 14.7. The Bertz CT molecular complexity index is 2130. The van der Waals surface area contributed by atoms with Gasteiger partial charge < -0.3 is 4.90 Å². The second kappa shape index (κ2) is 9.46. The van der Waals surface area contributed by atoms with Gasteiger partial charge in [-0.15, -0.1) is 0 Å². The number of rotatable bonds is 4. The zero-order valence-electron chi connectivity index (χ0n) is 24.1. The average Bonchev–Trinajstić information content (AvgIpc) is 3.03. The normalized spacial score (nSPS) is 11.7. The molecule has 0 atom stereocenters. The molecule has 0 aliphatic heterocycles. The van der Waals surface area contributed by atoms with Crippen molar-refractivity contribution in [3.8, 4) is 33.4 Å². The summed E-state index contributed by atoms with van der Waals surface area (Å²) >= 11 is 0. The molecule has 1 aliphatic carbocycles. The van der Waals surface area contributed by atoms with Crippen LogP contribution in [0.5, 0.6) is 0 Å². The van der Waals surface area contributed by atoms with Crippen molar-refractivity contribution in [2.24, 2.45) is 0 Å². The quantitative estimate of drug-likeness (QED) is 0.216. The van der Waals surface area contributed by atoms with Gasteiger partial charge in [0.15, 0.2) is 0 Å². The summed E-state index contributed by atoms with van der Waals surface area (Å²) in [5.41, 5.74) is 15.4. The van der Waals surface area contributed by atoms with E-state index in [1.54, 1.807) is 0 Å². The van der Waals surface area contributed by atoms with Gasteiger partial charge in [-0.3, -0.25) is 0 Å². The van der Waals surface area contributed by atoms with E-state index in [4.69, 9.17) is 0 Å². The first kappa shape index (κ1) is 24.6. The maximum atomic E-state index is 2.38. The molecule has 42 heavy (non-hydrogen) atoms. The Morgan fingerprint density at radius 3 is 1.50 bits per heavy atom. The van der Waals surface area contributed by atoms with E-state index in [2.05, 4.69) is 159 Å². The van der Waals surface area contributed by atoms with Gasteiger partial charge in [0.2, 0.25) is 0 Å². The number of nitrogens with zero attached hydrogens (tertiary/aromatic N) is 1. The van der Waals surface area contributed by atoms with Crippen molar-refractivity contribution in [2.75, 3.05) is 4.90 Å². The Hall–Kier alpha value is -5.14. The van der Waals surface area contributed by atoms with Crippen molar-refractivity contribution in [1.29, 1.82) is 0 Å². The molecule has 1 nitrogen and oxygen atoms in total. The van der Waals surface area contributed by atoms with Crippen molar-refractivity contribution >= 4 is 38.6 Å². The van der Waals surface area contributed by atoms with Crippen LogP contribution in [-0.4, -0.2) is 0 Å². The summed E-state index contributed by atoms with van der Waals surface area (Å²) in [5, 5.41) is 5.11. The van der Waals surface area contributed by atoms with Gasteiger partial charge in [0, 0.05) is 17.1 Å². The standard InChI is InChI=1S/C41H31N/c1-26-18-37(19-27(2)28(26)3)42(35-12-8-5-9-13-35)36-17-16-32-23-39-40-24-33-20-30(29-10-6-4-7-11-29)14-15-31(33)22-38(40)41(39)25-34(32)21-36/h4-25H,1-3H3. The molecule has 1 heteroatoms. The Labute approximate surface area is 247 Å². The lowest BCUT2D eigenvalue weighted by Gasteiger charge is -2.28. The van der Waals surface area contributed by atoms with Crippen LogP contribution in [0.1, 0.15) is 16.7 Å². The lowest BCUT2D eigenvalue weighted by Crippen LogP contribution is -2.11. The van der Waals surface area contributed by atoms with Crippen molar-refractivity contribution in [3.63, 3.8) is 0 Å². The lowest BCUT2D eigenvalue weighted by atomic mass is 9.77. The second-order valence-corrected chi connectivity index (χ2v) is 11.6. The molecule has 0 unspecified atom stereocenters. The summed E-state index contributed by atoms with van der Waals surface area (Å²) in [7, 11) is 0. The SMILES string of the molecule is Cc1cc(N(c2ccccc2)c2ccc3cc4c(cc3c2)-c2cc3ccc(-c5ccccc5)cc3cc2-4)cc(C)c1C. The van der Waals surface area contributed by atoms with Gasteiger partial charge in [0.05, 0.1) is 0 Å². The molecule has 0 spiro atoms. The van der Waals surface area contributed by atoms with Crippen molar-refractivity contribution in [1.82, 2.24) is 0 Å². The molecule has 0 saturated heterocycles. The lowest BCUT2D eigenvalue weighted by molar-refractivity contribution is 1.22. The van der Waals surface area contributed by atoms with Crippen molar-refractivity contribution in [3.05, 3.63) is 150 Å². The predicted molar refractivity (Wildman–Crippen MR) is 180 cm³/mol. The molecular weight excluding hydrogens is 506 g/mol. The summed E-state index contributed by atoms with van der Waals surface area (Å²) in [6.07, 6.45) is 0. The highest BCUT2D eigenvalue weighted by atomic mass is 15.1. The summed E-state index contributed by atoms with van der Waals surface area (Å²) in [4.78, 5) is 2.38. The van der Waals surface area contributed by atoms with Crippen LogP contribution >= 0.6 is 0 Å². The van der Waals surface area contributed by atoms with E-state index in [9.17, 15) is 0 Å². The first-order chi connectivity index (χ1) is 20.5. The number of benzene rings is 7. The maximum absolute atomic E-state index is 2.38. The van der Waals surface area contributed by atoms with E-state index in [1.807, 2.05) is 0 Å². The third-order valence-electron chi connectivity index (χ3n) is 9.07. The zero-order valence-corrected chi connectivity index (χ0v) is 24.1. The fourth-order valence-corrected chi connectivity index (χ4v) is 6.53. The molecule has 7 aromatic carbocycles. The number of aryl methyl sites for hydroxylation is 2. The average molecular weight is 538 g/mol. The Morgan fingerprint density at radius 2 is 0.881 bits per heavy atom. The third-order valence-corrected chi connectivity index (χ3v) is 9.07. The third kappa shape index (κ3) is 3.93. The van der Waals surface area contributed by atoms with Crippen LogP contribution in [0.25, 0.3) is 54.9 Å². The van der Waals surface area contributed by atoms with Crippen molar-refractivity contribution < 1.29 is 0 Å². The van der Waals surface area contributed by atoms with Crippen LogP contribution in [0.15, 0.2) is 133 Å². The van der Waals surface area contributed by atoms with E-state index in [-0.39, 0.29) is 0 Å². The summed E-state index contributed by atoms with van der Waals surface area (Å²) in [5.74, 6) is 0. The van der Waals surface area contributed by atoms with E-state index in [0.717, 1.165) is 5.69 Å². The monoisotopic (exact) mass is 537 g/mol. The summed E-state index contributed by atoms with van der Waals surface area (Å²) in [6, 6.07) is 49.1. The van der Waals surface area contributed by atoms with E-state index in [1.165, 1.54) is 83.0 Å². The fourth-order valence-electron chi connectivity index (χ4n) is 6.53. The molecule has 7 aromatic rings. The van der Waals surface area contributed by atoms with Gasteiger partial charge in [0.25, 0.3) is 0 Å². The van der Waals surface area contributed by atoms with Crippen LogP contribution in [0, 0.1) is 20.8 Å². The fraction of sp³-hybridized carbons (Fsp3) is 0.0732. The highest BCUT2D eigenvalue weighted by molar-refractivity contribution is 6.12. The highest BCUT2D eigenvalue weighted by Gasteiger charge is 2.24. The molecule has 0 radical (unpaired) electrons. The summed E-state index contributed by atoms with van der Waals surface area (Å²) < 4.78 is 0. The highest BCUT2D eigenvalue weighted by Crippen LogP contribution is 2.51. The zero-order chi connectivity index (χ0) is 28.4. The van der Waals surface area contributed by atoms with Gasteiger partial charge in [-0.1, -0.05) is 66.7 Å². The smallest absolute Gasteiger partial charge is 0.0468 e. The topological polar surface area (TPSA) is 3.24 Å². The van der Waals surface area contributed by atoms with Crippen LogP contribution in [0.3, 0.4) is 0 Å². The molecule has 0 heterocycles. The number of para-hydroxylation sites is 1. The van der Waals surface area contributed by atoms with Gasteiger partial charge in [-0.2, -0.15) is 0 Å². The summed E-state index contributed by atoms with van der Waals surface area (Å²) in [6.45, 7) is 6.62. The van der Waals surface area contributed by atoms with Gasteiger partial charge in [-0.05, 0) is 159 Å². The predicted octanol–water partition coefficient (Wildman–Crippen LogP) is 11.7. The van der Waals surface area contributed by atoms with Crippen LogP contribution in [0.2, 0.25) is 0 Å². The van der Waals surface area contributed by atoms with Gasteiger partial charge in [-0.25, -0.2) is 0 Å². The van der Waals surface area contributed by atoms with Gasteiger partial charge in [0.1, 0.15) is 0 Å². The number of anilines is 3. The molecule has 1 aliphatic rings. The minimum Gasteiger partial charge on any atom is -0.310 e. The molecule has 0 amide bonds. The molecule has 200 valence electrons. The Balaban J connectivity index is 1.22. The minimum atomic E-state index is 1.16. The molecular formula is C41H31N. The Morgan fingerprint density at radius 1 is 0.357 bits per heavy atom. The largest absolute Gasteiger partial charge is 0.310 e. The van der Waals surface area contributed by atoms with Crippen molar-refractivity contribution in [2.45, 2.75) is 20.8 Å². The van der Waals surface area contributed by atoms with E-state index < -0.39 is 0 Å². The molecule has 8 rings (SSSR count). The number of fused-ring (bicyclic) bond motifs is 6. The molecule has 0 bridgehead atoms. The molecule has 0 N–H and O–H groups in total. The van der Waals surface area contributed by atoms with E-state index in [0.29, 0.717) is 0 Å². The van der Waals surface area contributed by atoms with Crippen LogP contribution < -0.4 is 4.90 Å². The molecule has 0 saturated carbocycles. The number of hydrogen-bond acceptors (Lipinski definition) is 1.